The topological polar surface area (TPSA) is 59.3 Å². The molecule has 0 aliphatic heterocycles. The average Bonchev–Trinajstić information content (AvgIpc) is 3.44. The summed E-state index contributed by atoms with van der Waals surface area (Å²) in [6.45, 7) is 2.01. The van der Waals surface area contributed by atoms with Gasteiger partial charge in [0.25, 0.3) is 5.91 Å². The number of aromatic nitrogens is 3. The molecule has 1 N–H and O–H groups in total. The minimum Gasteiger partial charge on any atom is -0.349 e. The van der Waals surface area contributed by atoms with Gasteiger partial charge in [0.05, 0.1) is 5.56 Å². The molecule has 0 bridgehead atoms. The fraction of sp³-hybridized carbons (Fsp3) is 0.174. The second-order valence-corrected chi connectivity index (χ2v) is 7.42. The molecule has 5 rings (SSSR count). The lowest BCUT2D eigenvalue weighted by atomic mass is 9.98. The maximum atomic E-state index is 14.2. The molecule has 1 saturated carbocycles. The molecule has 5 nitrogen and oxygen atoms in total. The van der Waals surface area contributed by atoms with Crippen LogP contribution in [0.15, 0.2) is 60.8 Å². The molecule has 1 aliphatic carbocycles. The van der Waals surface area contributed by atoms with Gasteiger partial charge in [-0.25, -0.2) is 4.39 Å². The zero-order valence-corrected chi connectivity index (χ0v) is 15.9. The van der Waals surface area contributed by atoms with Crippen molar-refractivity contribution in [2.75, 3.05) is 0 Å². The third kappa shape index (κ3) is 3.27. The summed E-state index contributed by atoms with van der Waals surface area (Å²) in [6, 6.07) is 16.4. The van der Waals surface area contributed by atoms with Gasteiger partial charge in [-0.05, 0) is 72.9 Å². The van der Waals surface area contributed by atoms with Crippen molar-refractivity contribution in [2.24, 2.45) is 0 Å². The average molecular weight is 386 g/mol. The van der Waals surface area contributed by atoms with Crippen LogP contribution in [0, 0.1) is 12.7 Å². The zero-order chi connectivity index (χ0) is 20.0. The van der Waals surface area contributed by atoms with Gasteiger partial charge >= 0.3 is 0 Å². The van der Waals surface area contributed by atoms with Crippen molar-refractivity contribution in [3.8, 4) is 22.5 Å². The van der Waals surface area contributed by atoms with E-state index in [-0.39, 0.29) is 11.7 Å². The van der Waals surface area contributed by atoms with Gasteiger partial charge in [-0.3, -0.25) is 9.20 Å². The Morgan fingerprint density at radius 3 is 2.69 bits per heavy atom. The highest BCUT2D eigenvalue weighted by atomic mass is 19.1. The standard InChI is InChI=1S/C23H19FN4O/c1-14-6-7-16(23(29)25-17-8-9-17)12-19(14)15-10-11-28-21(13-15)26-27-22(28)18-4-2-3-5-20(18)24/h2-7,10-13,17H,8-9H2,1H3,(H,25,29). The molecule has 0 radical (unpaired) electrons. The van der Waals surface area contributed by atoms with Crippen LogP contribution in [0.5, 0.6) is 0 Å². The molecule has 0 spiro atoms. The van der Waals surface area contributed by atoms with Crippen molar-refractivity contribution in [2.45, 2.75) is 25.8 Å². The molecule has 144 valence electrons. The maximum absolute atomic E-state index is 14.2. The molecule has 0 unspecified atom stereocenters. The summed E-state index contributed by atoms with van der Waals surface area (Å²) >= 11 is 0. The van der Waals surface area contributed by atoms with Crippen LogP contribution in [0.25, 0.3) is 28.2 Å². The van der Waals surface area contributed by atoms with Crippen LogP contribution in [0.2, 0.25) is 0 Å². The lowest BCUT2D eigenvalue weighted by Crippen LogP contribution is -2.25. The number of carbonyl (C=O) groups excluding carboxylic acids is 1. The number of rotatable bonds is 4. The van der Waals surface area contributed by atoms with E-state index in [1.54, 1.807) is 22.6 Å². The molecule has 0 saturated heterocycles. The van der Waals surface area contributed by atoms with E-state index in [2.05, 4.69) is 15.5 Å². The monoisotopic (exact) mass is 386 g/mol. The zero-order valence-electron chi connectivity index (χ0n) is 15.9. The van der Waals surface area contributed by atoms with Crippen LogP contribution in [0.3, 0.4) is 0 Å². The van der Waals surface area contributed by atoms with E-state index >= 15 is 0 Å². The van der Waals surface area contributed by atoms with Crippen molar-refractivity contribution in [3.63, 3.8) is 0 Å². The van der Waals surface area contributed by atoms with E-state index in [1.807, 2.05) is 43.5 Å². The number of hydrogen-bond donors (Lipinski definition) is 1. The molecular weight excluding hydrogens is 367 g/mol. The number of nitrogens with zero attached hydrogens (tertiary/aromatic N) is 3. The lowest BCUT2D eigenvalue weighted by Gasteiger charge is -2.10. The second kappa shape index (κ2) is 6.81. The Labute approximate surface area is 167 Å². The Balaban J connectivity index is 1.54. The minimum atomic E-state index is -0.337. The van der Waals surface area contributed by atoms with E-state index in [4.69, 9.17) is 0 Å². The van der Waals surface area contributed by atoms with Crippen molar-refractivity contribution in [1.29, 1.82) is 0 Å². The van der Waals surface area contributed by atoms with Crippen molar-refractivity contribution >= 4 is 11.6 Å². The van der Waals surface area contributed by atoms with Gasteiger partial charge < -0.3 is 5.32 Å². The van der Waals surface area contributed by atoms with Gasteiger partial charge in [-0.2, -0.15) is 0 Å². The number of nitrogens with one attached hydrogen (secondary N) is 1. The fourth-order valence-corrected chi connectivity index (χ4v) is 3.46. The molecular formula is C23H19FN4O. The summed E-state index contributed by atoms with van der Waals surface area (Å²) in [5.74, 6) is 0.0779. The Kier molecular flexibility index (Phi) is 4.12. The van der Waals surface area contributed by atoms with E-state index in [0.717, 1.165) is 29.5 Å². The highest BCUT2D eigenvalue weighted by Gasteiger charge is 2.24. The number of hydrogen-bond acceptors (Lipinski definition) is 3. The van der Waals surface area contributed by atoms with Gasteiger partial charge in [-0.15, -0.1) is 10.2 Å². The summed E-state index contributed by atoms with van der Waals surface area (Å²) in [6.07, 6.45) is 3.94. The van der Waals surface area contributed by atoms with E-state index in [9.17, 15) is 9.18 Å². The third-order valence-electron chi connectivity index (χ3n) is 5.25. The SMILES string of the molecule is Cc1ccc(C(=O)NC2CC2)cc1-c1ccn2c(-c3ccccc3F)nnc2c1. The van der Waals surface area contributed by atoms with Gasteiger partial charge in [-0.1, -0.05) is 18.2 Å². The van der Waals surface area contributed by atoms with Crippen LogP contribution < -0.4 is 5.32 Å². The van der Waals surface area contributed by atoms with Crippen molar-refractivity contribution in [3.05, 3.63) is 77.7 Å². The maximum Gasteiger partial charge on any atom is 0.251 e. The first kappa shape index (κ1) is 17.6. The lowest BCUT2D eigenvalue weighted by molar-refractivity contribution is 0.0951. The molecule has 1 fully saturated rings. The predicted molar refractivity (Wildman–Crippen MR) is 109 cm³/mol. The molecule has 2 aromatic carbocycles. The highest BCUT2D eigenvalue weighted by molar-refractivity contribution is 5.96. The Morgan fingerprint density at radius 1 is 1.07 bits per heavy atom. The quantitative estimate of drug-likeness (QED) is 0.565. The molecule has 29 heavy (non-hydrogen) atoms. The predicted octanol–water partition coefficient (Wildman–Crippen LogP) is 4.40. The van der Waals surface area contributed by atoms with Gasteiger partial charge in [0.2, 0.25) is 0 Å². The summed E-state index contributed by atoms with van der Waals surface area (Å²) in [5, 5.41) is 11.4. The molecule has 4 aromatic rings. The summed E-state index contributed by atoms with van der Waals surface area (Å²) in [7, 11) is 0. The van der Waals surface area contributed by atoms with Crippen molar-refractivity contribution in [1.82, 2.24) is 19.9 Å². The largest absolute Gasteiger partial charge is 0.349 e. The van der Waals surface area contributed by atoms with Crippen LogP contribution >= 0.6 is 0 Å². The van der Waals surface area contributed by atoms with Gasteiger partial charge in [0.1, 0.15) is 5.82 Å². The molecule has 1 amide bonds. The number of pyridine rings is 1. The van der Waals surface area contributed by atoms with Crippen LogP contribution in [0.4, 0.5) is 4.39 Å². The van der Waals surface area contributed by atoms with Gasteiger partial charge in [0, 0.05) is 17.8 Å². The number of aryl methyl sites for hydroxylation is 1. The smallest absolute Gasteiger partial charge is 0.251 e. The number of halogens is 1. The van der Waals surface area contributed by atoms with Crippen molar-refractivity contribution < 1.29 is 9.18 Å². The highest BCUT2D eigenvalue weighted by Crippen LogP contribution is 2.28. The first-order chi connectivity index (χ1) is 14.1. The minimum absolute atomic E-state index is 0.0425. The van der Waals surface area contributed by atoms with Crippen LogP contribution in [-0.4, -0.2) is 26.5 Å². The van der Waals surface area contributed by atoms with Gasteiger partial charge in [0.15, 0.2) is 11.5 Å². The normalized spacial score (nSPS) is 13.6. The summed E-state index contributed by atoms with van der Waals surface area (Å²) < 4.78 is 15.9. The Morgan fingerprint density at radius 2 is 1.90 bits per heavy atom. The van der Waals surface area contributed by atoms with Crippen LogP contribution in [0.1, 0.15) is 28.8 Å². The third-order valence-corrected chi connectivity index (χ3v) is 5.25. The molecule has 2 aromatic heterocycles. The Hall–Kier alpha value is -3.54. The molecule has 6 heteroatoms. The molecule has 0 atom stereocenters. The number of amides is 1. The summed E-state index contributed by atoms with van der Waals surface area (Å²) in [4.78, 5) is 12.4. The second-order valence-electron chi connectivity index (χ2n) is 7.42. The van der Waals surface area contributed by atoms with E-state index in [1.165, 1.54) is 6.07 Å². The van der Waals surface area contributed by atoms with Crippen LogP contribution in [-0.2, 0) is 0 Å². The first-order valence-electron chi connectivity index (χ1n) is 9.62. The molecule has 2 heterocycles. The number of benzene rings is 2. The van der Waals surface area contributed by atoms with E-state index < -0.39 is 0 Å². The van der Waals surface area contributed by atoms with E-state index in [0.29, 0.717) is 28.6 Å². The fourth-order valence-electron chi connectivity index (χ4n) is 3.46. The number of fused-ring (bicyclic) bond motifs is 1. The summed E-state index contributed by atoms with van der Waals surface area (Å²) in [5.41, 5.74) is 4.63. The Bertz CT molecular complexity index is 1240. The molecule has 1 aliphatic rings. The number of carbonyl (C=O) groups is 1. The first-order valence-corrected chi connectivity index (χ1v) is 9.62.